The van der Waals surface area contributed by atoms with Crippen LogP contribution in [0.4, 0.5) is 4.39 Å². The van der Waals surface area contributed by atoms with Gasteiger partial charge in [-0.05, 0) is 49.4 Å². The second-order valence-electron chi connectivity index (χ2n) is 5.84. The zero-order valence-corrected chi connectivity index (χ0v) is 12.8. The molecule has 0 saturated heterocycles. The highest BCUT2D eigenvalue weighted by Crippen LogP contribution is 2.23. The van der Waals surface area contributed by atoms with Crippen LogP contribution >= 0.6 is 0 Å². The van der Waals surface area contributed by atoms with Crippen molar-refractivity contribution in [2.45, 2.75) is 59.4 Å². The molecule has 0 bridgehead atoms. The van der Waals surface area contributed by atoms with E-state index in [4.69, 9.17) is 0 Å². The first-order valence-electron chi connectivity index (χ1n) is 7.54. The molecule has 0 aliphatic heterocycles. The summed E-state index contributed by atoms with van der Waals surface area (Å²) < 4.78 is 13.4. The summed E-state index contributed by atoms with van der Waals surface area (Å²) in [5.74, 6) is 0.641. The maximum atomic E-state index is 13.4. The molecule has 0 saturated carbocycles. The maximum absolute atomic E-state index is 13.4. The molecule has 1 atom stereocenters. The SMILES string of the molecule is CCCNC(CCCC(C)C)c1ccc(F)c(C)c1. The van der Waals surface area contributed by atoms with Gasteiger partial charge in [-0.1, -0.05) is 45.7 Å². The van der Waals surface area contributed by atoms with Crippen LogP contribution in [0.1, 0.15) is 63.6 Å². The Morgan fingerprint density at radius 3 is 2.53 bits per heavy atom. The average molecular weight is 265 g/mol. The van der Waals surface area contributed by atoms with Crippen molar-refractivity contribution < 1.29 is 4.39 Å². The maximum Gasteiger partial charge on any atom is 0.126 e. The Morgan fingerprint density at radius 2 is 1.95 bits per heavy atom. The van der Waals surface area contributed by atoms with Gasteiger partial charge < -0.3 is 5.32 Å². The molecule has 1 unspecified atom stereocenters. The van der Waals surface area contributed by atoms with Gasteiger partial charge >= 0.3 is 0 Å². The molecule has 0 aliphatic carbocycles. The molecule has 0 fully saturated rings. The molecule has 19 heavy (non-hydrogen) atoms. The Kier molecular flexibility index (Phi) is 7.07. The first kappa shape index (κ1) is 16.2. The molecule has 108 valence electrons. The molecular weight excluding hydrogens is 237 g/mol. The smallest absolute Gasteiger partial charge is 0.126 e. The molecule has 0 aliphatic rings. The van der Waals surface area contributed by atoms with Crippen LogP contribution in [0, 0.1) is 18.7 Å². The second-order valence-corrected chi connectivity index (χ2v) is 5.84. The van der Waals surface area contributed by atoms with Crippen molar-refractivity contribution in [3.63, 3.8) is 0 Å². The van der Waals surface area contributed by atoms with Gasteiger partial charge in [-0.25, -0.2) is 4.39 Å². The summed E-state index contributed by atoms with van der Waals surface area (Å²) >= 11 is 0. The summed E-state index contributed by atoms with van der Waals surface area (Å²) in [7, 11) is 0. The molecular formula is C17H28FN. The van der Waals surface area contributed by atoms with Gasteiger partial charge in [-0.15, -0.1) is 0 Å². The Labute approximate surface area is 117 Å². The molecule has 0 aromatic heterocycles. The Hall–Kier alpha value is -0.890. The Bertz CT molecular complexity index is 374. The van der Waals surface area contributed by atoms with E-state index in [0.29, 0.717) is 6.04 Å². The van der Waals surface area contributed by atoms with Crippen LogP contribution in [-0.4, -0.2) is 6.54 Å². The lowest BCUT2D eigenvalue weighted by Crippen LogP contribution is -2.22. The zero-order chi connectivity index (χ0) is 14.3. The van der Waals surface area contributed by atoms with Crippen LogP contribution < -0.4 is 5.32 Å². The Balaban J connectivity index is 2.68. The molecule has 1 rings (SSSR count). The van der Waals surface area contributed by atoms with Gasteiger partial charge in [0.05, 0.1) is 0 Å². The van der Waals surface area contributed by atoms with E-state index < -0.39 is 0 Å². The number of halogens is 1. The predicted octanol–water partition coefficient (Wildman–Crippen LogP) is 5.00. The summed E-state index contributed by atoms with van der Waals surface area (Å²) in [6.45, 7) is 9.55. The highest BCUT2D eigenvalue weighted by molar-refractivity contribution is 5.26. The van der Waals surface area contributed by atoms with Crippen LogP contribution in [-0.2, 0) is 0 Å². The molecule has 0 spiro atoms. The standard InChI is InChI=1S/C17H28FN/c1-5-11-19-17(8-6-7-13(2)3)15-9-10-16(18)14(4)12-15/h9-10,12-13,17,19H,5-8,11H2,1-4H3. The van der Waals surface area contributed by atoms with Gasteiger partial charge in [-0.3, -0.25) is 0 Å². The van der Waals surface area contributed by atoms with E-state index in [1.165, 1.54) is 18.4 Å². The summed E-state index contributed by atoms with van der Waals surface area (Å²) in [5, 5.41) is 3.58. The van der Waals surface area contributed by atoms with Crippen LogP contribution in [0.3, 0.4) is 0 Å². The van der Waals surface area contributed by atoms with Crippen molar-refractivity contribution >= 4 is 0 Å². The molecule has 0 radical (unpaired) electrons. The number of aryl methyl sites for hydroxylation is 1. The highest BCUT2D eigenvalue weighted by Gasteiger charge is 2.12. The molecule has 2 heteroatoms. The molecule has 1 aromatic rings. The van der Waals surface area contributed by atoms with Crippen molar-refractivity contribution in [1.29, 1.82) is 0 Å². The summed E-state index contributed by atoms with van der Waals surface area (Å²) in [6, 6.07) is 5.86. The fourth-order valence-electron chi connectivity index (χ4n) is 2.32. The number of rotatable bonds is 8. The quantitative estimate of drug-likeness (QED) is 0.697. The lowest BCUT2D eigenvalue weighted by atomic mass is 9.96. The number of hydrogen-bond acceptors (Lipinski definition) is 1. The number of benzene rings is 1. The van der Waals surface area contributed by atoms with Gasteiger partial charge in [0.15, 0.2) is 0 Å². The molecule has 0 amide bonds. The van der Waals surface area contributed by atoms with Crippen LogP contribution in [0.25, 0.3) is 0 Å². The average Bonchev–Trinajstić information content (AvgIpc) is 2.36. The number of hydrogen-bond donors (Lipinski definition) is 1. The minimum Gasteiger partial charge on any atom is -0.310 e. The van der Waals surface area contributed by atoms with E-state index in [2.05, 4.69) is 26.1 Å². The fraction of sp³-hybridized carbons (Fsp3) is 0.647. The molecule has 1 aromatic carbocycles. The number of nitrogens with one attached hydrogen (secondary N) is 1. The summed E-state index contributed by atoms with van der Waals surface area (Å²) in [6.07, 6.45) is 4.73. The normalized spacial score (nSPS) is 12.9. The third-order valence-electron chi connectivity index (χ3n) is 3.50. The van der Waals surface area contributed by atoms with E-state index in [9.17, 15) is 4.39 Å². The summed E-state index contributed by atoms with van der Waals surface area (Å²) in [5.41, 5.74) is 1.96. The van der Waals surface area contributed by atoms with E-state index >= 15 is 0 Å². The van der Waals surface area contributed by atoms with Crippen molar-refractivity contribution in [3.05, 3.63) is 35.1 Å². The van der Waals surface area contributed by atoms with Crippen molar-refractivity contribution in [2.24, 2.45) is 5.92 Å². The van der Waals surface area contributed by atoms with Gasteiger partial charge in [0.2, 0.25) is 0 Å². The topological polar surface area (TPSA) is 12.0 Å². The van der Waals surface area contributed by atoms with Crippen LogP contribution in [0.5, 0.6) is 0 Å². The van der Waals surface area contributed by atoms with E-state index in [0.717, 1.165) is 30.9 Å². The second kappa shape index (κ2) is 8.31. The van der Waals surface area contributed by atoms with Crippen LogP contribution in [0.2, 0.25) is 0 Å². The van der Waals surface area contributed by atoms with Gasteiger partial charge in [0.25, 0.3) is 0 Å². The highest BCUT2D eigenvalue weighted by atomic mass is 19.1. The van der Waals surface area contributed by atoms with Gasteiger partial charge in [0, 0.05) is 6.04 Å². The lowest BCUT2D eigenvalue weighted by molar-refractivity contribution is 0.447. The first-order chi connectivity index (χ1) is 9.04. The van der Waals surface area contributed by atoms with Crippen molar-refractivity contribution in [2.75, 3.05) is 6.54 Å². The lowest BCUT2D eigenvalue weighted by Gasteiger charge is -2.20. The molecule has 0 heterocycles. The molecule has 1 nitrogen and oxygen atoms in total. The van der Waals surface area contributed by atoms with Gasteiger partial charge in [0.1, 0.15) is 5.82 Å². The van der Waals surface area contributed by atoms with Crippen molar-refractivity contribution in [3.8, 4) is 0 Å². The van der Waals surface area contributed by atoms with E-state index in [-0.39, 0.29) is 5.82 Å². The predicted molar refractivity (Wildman–Crippen MR) is 80.9 cm³/mol. The van der Waals surface area contributed by atoms with Crippen molar-refractivity contribution in [1.82, 2.24) is 5.32 Å². The minimum absolute atomic E-state index is 0.111. The monoisotopic (exact) mass is 265 g/mol. The van der Waals surface area contributed by atoms with E-state index in [1.807, 2.05) is 19.1 Å². The fourth-order valence-corrected chi connectivity index (χ4v) is 2.32. The third-order valence-corrected chi connectivity index (χ3v) is 3.50. The first-order valence-corrected chi connectivity index (χ1v) is 7.54. The largest absolute Gasteiger partial charge is 0.310 e. The van der Waals surface area contributed by atoms with Crippen LogP contribution in [0.15, 0.2) is 18.2 Å². The molecule has 1 N–H and O–H groups in total. The Morgan fingerprint density at radius 1 is 1.21 bits per heavy atom. The summed E-state index contributed by atoms with van der Waals surface area (Å²) in [4.78, 5) is 0. The minimum atomic E-state index is -0.111. The third kappa shape index (κ3) is 5.73. The van der Waals surface area contributed by atoms with E-state index in [1.54, 1.807) is 6.07 Å². The van der Waals surface area contributed by atoms with Gasteiger partial charge in [-0.2, -0.15) is 0 Å². The zero-order valence-electron chi connectivity index (χ0n) is 12.8.